The Hall–Kier alpha value is -0.340. The normalized spacial score (nSPS) is 17.2. The van der Waals surface area contributed by atoms with Gasteiger partial charge in [0.05, 0.1) is 0 Å². The van der Waals surface area contributed by atoms with Crippen LogP contribution in [0, 0.1) is 0 Å². The van der Waals surface area contributed by atoms with Crippen molar-refractivity contribution in [3.05, 3.63) is 0 Å². The Bertz CT molecular complexity index is 134. The summed E-state index contributed by atoms with van der Waals surface area (Å²) in [5.41, 5.74) is 0. The second-order valence-electron chi connectivity index (χ2n) is 1.60. The lowest BCUT2D eigenvalue weighted by Crippen LogP contribution is -2.01. The van der Waals surface area contributed by atoms with Crippen LogP contribution in [-0.2, 0) is 9.36 Å². The first-order valence-corrected chi connectivity index (χ1v) is 4.22. The van der Waals surface area contributed by atoms with Crippen molar-refractivity contribution in [2.75, 3.05) is 12.8 Å². The Morgan fingerprint density at radius 2 is 2.12 bits per heavy atom. The molecule has 0 aliphatic carbocycles. The highest BCUT2D eigenvalue weighted by atomic mass is 31.2. The molecule has 1 atom stereocenters. The van der Waals surface area contributed by atoms with E-state index in [9.17, 15) is 9.36 Å². The summed E-state index contributed by atoms with van der Waals surface area (Å²) in [7, 11) is -3.32. The van der Waals surface area contributed by atoms with Gasteiger partial charge in [-0.15, -0.1) is 0 Å². The summed E-state index contributed by atoms with van der Waals surface area (Å²) >= 11 is 0. The first-order chi connectivity index (χ1) is 3.42. The molecule has 0 spiro atoms. The number of carboxylic acids is 1. The van der Waals surface area contributed by atoms with Gasteiger partial charge in [-0.3, -0.25) is 9.36 Å². The highest BCUT2D eigenvalue weighted by Gasteiger charge is 2.13. The average molecular weight is 138 g/mol. The van der Waals surface area contributed by atoms with E-state index in [1.54, 1.807) is 0 Å². The van der Waals surface area contributed by atoms with Crippen molar-refractivity contribution in [1.82, 2.24) is 0 Å². The minimum atomic E-state index is -3.32. The molecule has 1 unspecified atom stereocenters. The standard InChI is InChI=1S/C3H7O4P/c1-8(6,7)2-3(4)5/h2H2,1H3,(H,4,5)(H,6,7). The molecule has 0 amide bonds. The molecule has 4 nitrogen and oxygen atoms in total. The minimum absolute atomic E-state index is 0.646. The van der Waals surface area contributed by atoms with Crippen LogP contribution < -0.4 is 0 Å². The van der Waals surface area contributed by atoms with E-state index in [0.29, 0.717) is 0 Å². The third-order valence-electron chi connectivity index (χ3n) is 0.429. The SMILES string of the molecule is CP(=O)(O)CC(=O)O. The van der Waals surface area contributed by atoms with Gasteiger partial charge in [0, 0.05) is 6.66 Å². The molecule has 0 fully saturated rings. The van der Waals surface area contributed by atoms with E-state index in [4.69, 9.17) is 10.00 Å². The first-order valence-electron chi connectivity index (χ1n) is 1.93. The van der Waals surface area contributed by atoms with E-state index in [-0.39, 0.29) is 0 Å². The fraction of sp³-hybridized carbons (Fsp3) is 0.667. The number of hydrogen-bond acceptors (Lipinski definition) is 2. The molecular weight excluding hydrogens is 131 g/mol. The van der Waals surface area contributed by atoms with E-state index in [2.05, 4.69) is 0 Å². The lowest BCUT2D eigenvalue weighted by atomic mass is 10.8. The second kappa shape index (κ2) is 2.29. The van der Waals surface area contributed by atoms with E-state index < -0.39 is 19.5 Å². The molecule has 0 saturated carbocycles. The fourth-order valence-electron chi connectivity index (χ4n) is 0.251. The lowest BCUT2D eigenvalue weighted by Gasteiger charge is -1.96. The molecule has 0 bridgehead atoms. The van der Waals surface area contributed by atoms with Crippen LogP contribution in [0.3, 0.4) is 0 Å². The van der Waals surface area contributed by atoms with Crippen LogP contribution in [0.1, 0.15) is 0 Å². The maximum Gasteiger partial charge on any atom is 0.313 e. The summed E-state index contributed by atoms with van der Waals surface area (Å²) in [5.74, 6) is -1.24. The monoisotopic (exact) mass is 138 g/mol. The van der Waals surface area contributed by atoms with Crippen molar-refractivity contribution < 1.29 is 19.4 Å². The maximum absolute atomic E-state index is 10.2. The zero-order valence-corrected chi connectivity index (χ0v) is 5.26. The molecule has 48 valence electrons. The number of aliphatic carboxylic acids is 1. The van der Waals surface area contributed by atoms with Gasteiger partial charge < -0.3 is 10.00 Å². The van der Waals surface area contributed by atoms with Crippen LogP contribution >= 0.6 is 7.37 Å². The quantitative estimate of drug-likeness (QED) is 0.525. The van der Waals surface area contributed by atoms with Gasteiger partial charge in [0.1, 0.15) is 6.16 Å². The van der Waals surface area contributed by atoms with Crippen LogP contribution in [0.4, 0.5) is 0 Å². The smallest absolute Gasteiger partial charge is 0.313 e. The van der Waals surface area contributed by atoms with E-state index in [1.165, 1.54) is 0 Å². The highest BCUT2D eigenvalue weighted by molar-refractivity contribution is 7.58. The molecule has 0 aromatic heterocycles. The summed E-state index contributed by atoms with van der Waals surface area (Å²) in [6, 6.07) is 0. The molecule has 0 saturated heterocycles. The Labute approximate surface area is 46.6 Å². The molecule has 0 rings (SSSR count). The van der Waals surface area contributed by atoms with Crippen molar-refractivity contribution in [3.8, 4) is 0 Å². The molecular formula is C3H7O4P. The fourth-order valence-corrected chi connectivity index (χ4v) is 0.753. The average Bonchev–Trinajstić information content (AvgIpc) is 1.21. The molecule has 5 heteroatoms. The van der Waals surface area contributed by atoms with Gasteiger partial charge >= 0.3 is 5.97 Å². The highest BCUT2D eigenvalue weighted by Crippen LogP contribution is 2.33. The molecule has 2 N–H and O–H groups in total. The maximum atomic E-state index is 10.2. The number of hydrogen-bond donors (Lipinski definition) is 2. The molecule has 0 aromatic carbocycles. The third-order valence-corrected chi connectivity index (χ3v) is 1.29. The van der Waals surface area contributed by atoms with Crippen molar-refractivity contribution in [1.29, 1.82) is 0 Å². The van der Waals surface area contributed by atoms with Crippen LogP contribution in [0.25, 0.3) is 0 Å². The predicted molar refractivity (Wildman–Crippen MR) is 28.3 cm³/mol. The van der Waals surface area contributed by atoms with Crippen molar-refractivity contribution in [3.63, 3.8) is 0 Å². The van der Waals surface area contributed by atoms with Gasteiger partial charge in [0.2, 0.25) is 7.37 Å². The molecule has 0 heterocycles. The lowest BCUT2D eigenvalue weighted by molar-refractivity contribution is -0.134. The topological polar surface area (TPSA) is 74.6 Å². The Kier molecular flexibility index (Phi) is 2.19. The van der Waals surface area contributed by atoms with Gasteiger partial charge in [-0.25, -0.2) is 0 Å². The third kappa shape index (κ3) is 5.66. The van der Waals surface area contributed by atoms with Crippen LogP contribution in [0.2, 0.25) is 0 Å². The Morgan fingerprint density at radius 1 is 1.75 bits per heavy atom. The Balaban J connectivity index is 3.74. The summed E-state index contributed by atoms with van der Waals surface area (Å²) in [6.07, 6.45) is -0.646. The molecule has 0 aromatic rings. The van der Waals surface area contributed by atoms with Gasteiger partial charge in [-0.2, -0.15) is 0 Å². The number of rotatable bonds is 2. The van der Waals surface area contributed by atoms with Gasteiger partial charge in [0.15, 0.2) is 0 Å². The molecule has 0 aliphatic rings. The van der Waals surface area contributed by atoms with Crippen molar-refractivity contribution in [2.45, 2.75) is 0 Å². The van der Waals surface area contributed by atoms with E-state index in [0.717, 1.165) is 6.66 Å². The van der Waals surface area contributed by atoms with E-state index in [1.807, 2.05) is 0 Å². The minimum Gasteiger partial charge on any atom is -0.481 e. The van der Waals surface area contributed by atoms with Gasteiger partial charge in [0.25, 0.3) is 0 Å². The molecule has 0 radical (unpaired) electrons. The zero-order chi connectivity index (χ0) is 6.78. The molecule has 0 aliphatic heterocycles. The van der Waals surface area contributed by atoms with E-state index >= 15 is 0 Å². The second-order valence-corrected chi connectivity index (χ2v) is 4.02. The van der Waals surface area contributed by atoms with Crippen molar-refractivity contribution in [2.24, 2.45) is 0 Å². The van der Waals surface area contributed by atoms with Crippen LogP contribution in [0.5, 0.6) is 0 Å². The van der Waals surface area contributed by atoms with Gasteiger partial charge in [-0.05, 0) is 0 Å². The summed E-state index contributed by atoms with van der Waals surface area (Å²) in [6.45, 7) is 1.02. The van der Waals surface area contributed by atoms with Crippen LogP contribution in [-0.4, -0.2) is 28.8 Å². The number of carboxylic acid groups (broad SMARTS) is 1. The summed E-state index contributed by atoms with van der Waals surface area (Å²) in [5, 5.41) is 7.92. The van der Waals surface area contributed by atoms with Crippen molar-refractivity contribution >= 4 is 13.3 Å². The van der Waals surface area contributed by atoms with Gasteiger partial charge in [-0.1, -0.05) is 0 Å². The largest absolute Gasteiger partial charge is 0.481 e. The zero-order valence-electron chi connectivity index (χ0n) is 4.37. The molecule has 8 heavy (non-hydrogen) atoms. The summed E-state index contributed by atoms with van der Waals surface area (Å²) in [4.78, 5) is 18.0. The first kappa shape index (κ1) is 7.66. The van der Waals surface area contributed by atoms with Crippen LogP contribution in [0.15, 0.2) is 0 Å². The number of carbonyl (C=O) groups is 1. The summed E-state index contributed by atoms with van der Waals surface area (Å²) < 4.78 is 10.2. The Morgan fingerprint density at radius 3 is 2.12 bits per heavy atom. The predicted octanol–water partition coefficient (Wildman–Crippen LogP) is -0.0288.